The van der Waals surface area contributed by atoms with E-state index in [9.17, 15) is 0 Å². The van der Waals surface area contributed by atoms with Crippen molar-refractivity contribution in [3.05, 3.63) is 11.7 Å². The number of nitrogens with zero attached hydrogens (tertiary/aromatic N) is 2. The number of aromatic nitrogens is 2. The van der Waals surface area contributed by atoms with Crippen molar-refractivity contribution in [2.45, 2.75) is 31.7 Å². The van der Waals surface area contributed by atoms with Crippen LogP contribution in [-0.2, 0) is 6.54 Å². The first-order valence-corrected chi connectivity index (χ1v) is 4.37. The molecule has 1 aromatic rings. The molecule has 0 amide bonds. The molecule has 4 heteroatoms. The molecule has 1 N–H and O–H groups in total. The van der Waals surface area contributed by atoms with Crippen molar-refractivity contribution in [3.8, 4) is 0 Å². The van der Waals surface area contributed by atoms with Gasteiger partial charge in [0, 0.05) is 5.92 Å². The van der Waals surface area contributed by atoms with E-state index >= 15 is 0 Å². The molecule has 0 atom stereocenters. The normalized spacial score (nSPS) is 17.8. The summed E-state index contributed by atoms with van der Waals surface area (Å²) in [4.78, 5) is 4.28. The fraction of sp³-hybridized carbons (Fsp3) is 0.750. The lowest BCUT2D eigenvalue weighted by Gasteiger charge is -2.20. The van der Waals surface area contributed by atoms with Crippen LogP contribution in [0.25, 0.3) is 0 Å². The van der Waals surface area contributed by atoms with Crippen LogP contribution < -0.4 is 5.32 Å². The van der Waals surface area contributed by atoms with Crippen molar-refractivity contribution in [2.24, 2.45) is 0 Å². The Bertz CT molecular complexity index is 255. The summed E-state index contributed by atoms with van der Waals surface area (Å²) in [6, 6.07) is 0. The second-order valence-corrected chi connectivity index (χ2v) is 3.21. The second-order valence-electron chi connectivity index (χ2n) is 3.21. The van der Waals surface area contributed by atoms with E-state index in [1.54, 1.807) is 0 Å². The summed E-state index contributed by atoms with van der Waals surface area (Å²) in [5.74, 6) is 2.13. The van der Waals surface area contributed by atoms with E-state index in [4.69, 9.17) is 4.52 Å². The molecule has 0 radical (unpaired) electrons. The highest BCUT2D eigenvalue weighted by molar-refractivity contribution is 4.97. The molecule has 1 aliphatic rings. The van der Waals surface area contributed by atoms with Crippen LogP contribution in [0.2, 0.25) is 0 Å². The van der Waals surface area contributed by atoms with Crippen molar-refractivity contribution < 1.29 is 4.52 Å². The number of nitrogens with one attached hydrogen (secondary N) is 1. The fourth-order valence-electron chi connectivity index (χ4n) is 1.32. The molecule has 0 aliphatic heterocycles. The lowest BCUT2D eigenvalue weighted by molar-refractivity contribution is 0.291. The molecule has 2 rings (SSSR count). The highest BCUT2D eigenvalue weighted by atomic mass is 16.5. The average Bonchev–Trinajstić information content (AvgIpc) is 2.34. The van der Waals surface area contributed by atoms with Gasteiger partial charge in [-0.15, -0.1) is 0 Å². The van der Waals surface area contributed by atoms with Crippen LogP contribution in [0.5, 0.6) is 0 Å². The van der Waals surface area contributed by atoms with Gasteiger partial charge in [0.15, 0.2) is 5.82 Å². The van der Waals surface area contributed by atoms with E-state index in [2.05, 4.69) is 15.5 Å². The molecular weight excluding hydrogens is 154 g/mol. The lowest BCUT2D eigenvalue weighted by atomic mass is 9.85. The minimum absolute atomic E-state index is 0.545. The molecule has 1 heterocycles. The molecule has 0 unspecified atom stereocenters. The monoisotopic (exact) mass is 167 g/mol. The third-order valence-electron chi connectivity index (χ3n) is 2.27. The van der Waals surface area contributed by atoms with Gasteiger partial charge < -0.3 is 9.84 Å². The van der Waals surface area contributed by atoms with Crippen LogP contribution >= 0.6 is 0 Å². The molecule has 0 aromatic carbocycles. The maximum atomic E-state index is 5.12. The first-order chi connectivity index (χ1) is 5.90. The standard InChI is InChI=1S/C8H13N3O/c1-9-5-7-10-8(12-11-7)6-3-2-4-6/h6,9H,2-5H2,1H3. The Labute approximate surface area is 71.4 Å². The van der Waals surface area contributed by atoms with Crippen molar-refractivity contribution in [1.82, 2.24) is 15.5 Å². The largest absolute Gasteiger partial charge is 0.339 e. The van der Waals surface area contributed by atoms with Crippen molar-refractivity contribution in [2.75, 3.05) is 7.05 Å². The van der Waals surface area contributed by atoms with E-state index in [0.29, 0.717) is 12.5 Å². The molecule has 1 aliphatic carbocycles. The predicted molar refractivity (Wildman–Crippen MR) is 43.7 cm³/mol. The van der Waals surface area contributed by atoms with E-state index in [-0.39, 0.29) is 0 Å². The molecule has 1 fully saturated rings. The second kappa shape index (κ2) is 3.23. The molecule has 1 saturated carbocycles. The highest BCUT2D eigenvalue weighted by Crippen LogP contribution is 2.34. The van der Waals surface area contributed by atoms with Crippen molar-refractivity contribution in [1.29, 1.82) is 0 Å². The lowest BCUT2D eigenvalue weighted by Crippen LogP contribution is -2.10. The number of rotatable bonds is 3. The third kappa shape index (κ3) is 1.34. The summed E-state index contributed by atoms with van der Waals surface area (Å²) in [6.07, 6.45) is 3.72. The highest BCUT2D eigenvalue weighted by Gasteiger charge is 2.24. The summed E-state index contributed by atoms with van der Waals surface area (Å²) in [5.41, 5.74) is 0. The van der Waals surface area contributed by atoms with Gasteiger partial charge in [0.2, 0.25) is 5.89 Å². The van der Waals surface area contributed by atoms with Crippen LogP contribution in [0.15, 0.2) is 4.52 Å². The van der Waals surface area contributed by atoms with Gasteiger partial charge in [0.05, 0.1) is 6.54 Å². The van der Waals surface area contributed by atoms with Crippen LogP contribution in [0.1, 0.15) is 36.9 Å². The summed E-state index contributed by atoms with van der Waals surface area (Å²) in [5, 5.41) is 6.85. The van der Waals surface area contributed by atoms with Gasteiger partial charge >= 0.3 is 0 Å². The predicted octanol–water partition coefficient (Wildman–Crippen LogP) is 1.06. The Balaban J connectivity index is 2.02. The van der Waals surface area contributed by atoms with Gasteiger partial charge in [-0.1, -0.05) is 11.6 Å². The third-order valence-corrected chi connectivity index (χ3v) is 2.27. The quantitative estimate of drug-likeness (QED) is 0.731. The van der Waals surface area contributed by atoms with E-state index in [1.165, 1.54) is 19.3 Å². The topological polar surface area (TPSA) is 51.0 Å². The zero-order chi connectivity index (χ0) is 8.39. The zero-order valence-corrected chi connectivity index (χ0v) is 7.21. The van der Waals surface area contributed by atoms with Crippen LogP contribution in [0, 0.1) is 0 Å². The van der Waals surface area contributed by atoms with Crippen molar-refractivity contribution in [3.63, 3.8) is 0 Å². The Morgan fingerprint density at radius 1 is 1.58 bits per heavy atom. The van der Waals surface area contributed by atoms with E-state index in [1.807, 2.05) is 7.05 Å². The van der Waals surface area contributed by atoms with Gasteiger partial charge in [-0.25, -0.2) is 0 Å². The SMILES string of the molecule is CNCc1noc(C2CCC2)n1. The van der Waals surface area contributed by atoms with Gasteiger partial charge in [-0.2, -0.15) is 4.98 Å². The van der Waals surface area contributed by atoms with Crippen LogP contribution in [0.3, 0.4) is 0 Å². The van der Waals surface area contributed by atoms with Gasteiger partial charge in [-0.05, 0) is 19.9 Å². The number of hydrogen-bond acceptors (Lipinski definition) is 4. The van der Waals surface area contributed by atoms with Gasteiger partial charge in [0.25, 0.3) is 0 Å². The summed E-state index contributed by atoms with van der Waals surface area (Å²) in [7, 11) is 1.87. The molecule has 66 valence electrons. The molecule has 0 saturated heterocycles. The first kappa shape index (κ1) is 7.73. The molecule has 1 aromatic heterocycles. The van der Waals surface area contributed by atoms with Gasteiger partial charge in [-0.3, -0.25) is 0 Å². The summed E-state index contributed by atoms with van der Waals surface area (Å²) in [6.45, 7) is 0.691. The molecule has 12 heavy (non-hydrogen) atoms. The molecule has 0 bridgehead atoms. The van der Waals surface area contributed by atoms with E-state index in [0.717, 1.165) is 11.7 Å². The molecular formula is C8H13N3O. The van der Waals surface area contributed by atoms with Crippen LogP contribution in [0.4, 0.5) is 0 Å². The first-order valence-electron chi connectivity index (χ1n) is 4.37. The van der Waals surface area contributed by atoms with Gasteiger partial charge in [0.1, 0.15) is 0 Å². The Morgan fingerprint density at radius 2 is 2.42 bits per heavy atom. The summed E-state index contributed by atoms with van der Waals surface area (Å²) >= 11 is 0. The van der Waals surface area contributed by atoms with Crippen LogP contribution in [-0.4, -0.2) is 17.2 Å². The fourth-order valence-corrected chi connectivity index (χ4v) is 1.32. The average molecular weight is 167 g/mol. The van der Waals surface area contributed by atoms with E-state index < -0.39 is 0 Å². The molecule has 4 nitrogen and oxygen atoms in total. The smallest absolute Gasteiger partial charge is 0.229 e. The Morgan fingerprint density at radius 3 is 3.00 bits per heavy atom. The maximum Gasteiger partial charge on any atom is 0.229 e. The molecule has 0 spiro atoms. The number of hydrogen-bond donors (Lipinski definition) is 1. The Hall–Kier alpha value is -0.900. The summed E-state index contributed by atoms with van der Waals surface area (Å²) < 4.78 is 5.12. The minimum atomic E-state index is 0.545. The minimum Gasteiger partial charge on any atom is -0.339 e. The maximum absolute atomic E-state index is 5.12. The Kier molecular flexibility index (Phi) is 2.08. The van der Waals surface area contributed by atoms with Crippen molar-refractivity contribution >= 4 is 0 Å². The zero-order valence-electron chi connectivity index (χ0n) is 7.21.